The van der Waals surface area contributed by atoms with E-state index in [1.807, 2.05) is 37.4 Å². The van der Waals surface area contributed by atoms with Gasteiger partial charge in [0.05, 0.1) is 6.61 Å². The smallest absolute Gasteiger partial charge is 0.258 e. The van der Waals surface area contributed by atoms with Gasteiger partial charge in [-0.3, -0.25) is 4.79 Å². The fourth-order valence-electron chi connectivity index (χ4n) is 3.17. The van der Waals surface area contributed by atoms with Crippen LogP contribution in [0.5, 0.6) is 5.75 Å². The summed E-state index contributed by atoms with van der Waals surface area (Å²) in [4.78, 5) is 19.4. The van der Waals surface area contributed by atoms with Crippen LogP contribution in [-0.2, 0) is 11.8 Å². The molecular weight excluding hydrogens is 344 g/mol. The highest BCUT2D eigenvalue weighted by Gasteiger charge is 2.13. The molecule has 1 aromatic carbocycles. The van der Waals surface area contributed by atoms with Crippen LogP contribution in [-0.4, -0.2) is 45.3 Å². The quantitative estimate of drug-likeness (QED) is 0.489. The van der Waals surface area contributed by atoms with Gasteiger partial charge in [0, 0.05) is 53.5 Å². The van der Waals surface area contributed by atoms with Gasteiger partial charge in [0.1, 0.15) is 11.4 Å². The topological polar surface area (TPSA) is 92.2 Å². The Labute approximate surface area is 155 Å². The molecule has 138 valence electrons. The van der Waals surface area contributed by atoms with Gasteiger partial charge in [-0.2, -0.15) is 0 Å². The maximum Gasteiger partial charge on any atom is 0.258 e. The molecule has 7 heteroatoms. The van der Waals surface area contributed by atoms with E-state index in [2.05, 4.69) is 32.1 Å². The molecule has 0 spiro atoms. The molecule has 7 nitrogen and oxygen atoms in total. The number of carbonyl (C=O) groups excluding carboxylic acids is 1. The van der Waals surface area contributed by atoms with Gasteiger partial charge in [0.15, 0.2) is 6.61 Å². The molecule has 1 amide bonds. The van der Waals surface area contributed by atoms with Gasteiger partial charge in [0.25, 0.3) is 5.91 Å². The molecule has 4 rings (SSSR count). The highest BCUT2D eigenvalue weighted by Crippen LogP contribution is 2.33. The number of ether oxygens (including phenoxy) is 1. The summed E-state index contributed by atoms with van der Waals surface area (Å²) in [5, 5.41) is 13.4. The first-order valence-corrected chi connectivity index (χ1v) is 8.69. The van der Waals surface area contributed by atoms with Crippen molar-refractivity contribution in [1.82, 2.24) is 19.9 Å². The molecule has 0 saturated heterocycles. The van der Waals surface area contributed by atoms with Gasteiger partial charge in [-0.25, -0.2) is 4.98 Å². The van der Waals surface area contributed by atoms with Crippen molar-refractivity contribution in [1.29, 1.82) is 0 Å². The summed E-state index contributed by atoms with van der Waals surface area (Å²) in [5.74, 6) is 0.349. The largest absolute Gasteiger partial charge is 0.484 e. The Balaban J connectivity index is 1.66. The molecule has 3 N–H and O–H groups in total. The van der Waals surface area contributed by atoms with Crippen molar-refractivity contribution in [2.24, 2.45) is 7.05 Å². The van der Waals surface area contributed by atoms with Crippen molar-refractivity contribution in [2.45, 2.75) is 0 Å². The van der Waals surface area contributed by atoms with Crippen molar-refractivity contribution in [3.05, 3.63) is 48.8 Å². The molecule has 3 heterocycles. The summed E-state index contributed by atoms with van der Waals surface area (Å²) in [6.07, 6.45) is 3.83. The van der Waals surface area contributed by atoms with Crippen LogP contribution in [0.2, 0.25) is 0 Å². The molecule has 0 aliphatic rings. The van der Waals surface area contributed by atoms with Crippen LogP contribution in [0.4, 0.5) is 0 Å². The third kappa shape index (κ3) is 3.37. The number of pyridine rings is 1. The molecule has 0 saturated carbocycles. The molecule has 3 aromatic heterocycles. The lowest BCUT2D eigenvalue weighted by Crippen LogP contribution is -2.31. The number of nitrogens with zero attached hydrogens (tertiary/aromatic N) is 2. The molecule has 0 aliphatic carbocycles. The van der Waals surface area contributed by atoms with Crippen LogP contribution in [0.3, 0.4) is 0 Å². The van der Waals surface area contributed by atoms with E-state index >= 15 is 0 Å². The average molecular weight is 364 g/mol. The van der Waals surface area contributed by atoms with Crippen LogP contribution in [0.25, 0.3) is 33.2 Å². The second-order valence-corrected chi connectivity index (χ2v) is 6.32. The zero-order chi connectivity index (χ0) is 18.8. The number of hydrogen-bond donors (Lipinski definition) is 3. The first-order valence-electron chi connectivity index (χ1n) is 8.69. The van der Waals surface area contributed by atoms with Crippen molar-refractivity contribution in [2.75, 3.05) is 19.8 Å². The van der Waals surface area contributed by atoms with Crippen LogP contribution in [0, 0.1) is 0 Å². The minimum absolute atomic E-state index is 0.0928. The van der Waals surface area contributed by atoms with Crippen molar-refractivity contribution < 1.29 is 14.6 Å². The third-order valence-electron chi connectivity index (χ3n) is 4.45. The number of nitrogens with one attached hydrogen (secondary N) is 2. The number of benzene rings is 1. The normalized spacial score (nSPS) is 11.2. The van der Waals surface area contributed by atoms with E-state index in [0.29, 0.717) is 5.75 Å². The lowest BCUT2D eigenvalue weighted by atomic mass is 10.1. The predicted octanol–water partition coefficient (Wildman–Crippen LogP) is 2.21. The SMILES string of the molecule is Cn1cc(-c2cc3cccnc3[nH]2)c2cc(OCC(=O)NCCO)ccc21. The fourth-order valence-corrected chi connectivity index (χ4v) is 3.17. The summed E-state index contributed by atoms with van der Waals surface area (Å²) in [6, 6.07) is 11.8. The third-order valence-corrected chi connectivity index (χ3v) is 4.45. The fraction of sp³-hybridized carbons (Fsp3) is 0.200. The van der Waals surface area contributed by atoms with E-state index in [0.717, 1.165) is 33.2 Å². The molecule has 0 radical (unpaired) electrons. The maximum absolute atomic E-state index is 11.7. The average Bonchev–Trinajstić information content (AvgIpc) is 3.25. The molecule has 0 bridgehead atoms. The minimum Gasteiger partial charge on any atom is -0.484 e. The predicted molar refractivity (Wildman–Crippen MR) is 104 cm³/mol. The highest BCUT2D eigenvalue weighted by atomic mass is 16.5. The summed E-state index contributed by atoms with van der Waals surface area (Å²) in [7, 11) is 2.00. The molecule has 0 aliphatic heterocycles. The van der Waals surface area contributed by atoms with Crippen LogP contribution >= 0.6 is 0 Å². The van der Waals surface area contributed by atoms with E-state index in [9.17, 15) is 4.79 Å². The van der Waals surface area contributed by atoms with Gasteiger partial charge < -0.3 is 24.7 Å². The van der Waals surface area contributed by atoms with Crippen molar-refractivity contribution in [3.8, 4) is 17.0 Å². The Hall–Kier alpha value is -3.32. The van der Waals surface area contributed by atoms with Crippen molar-refractivity contribution >= 4 is 27.8 Å². The molecule has 0 fully saturated rings. The summed E-state index contributed by atoms with van der Waals surface area (Å²) in [6.45, 7) is 0.0346. The standard InChI is InChI=1S/C20H20N4O3/c1-24-11-16(17-9-13-3-2-6-22-20(13)23-17)15-10-14(4-5-18(15)24)27-12-19(26)21-7-8-25/h2-6,9-11,25H,7-8,12H2,1H3,(H,21,26)(H,22,23). The van der Waals surface area contributed by atoms with E-state index < -0.39 is 0 Å². The number of rotatable bonds is 6. The van der Waals surface area contributed by atoms with Gasteiger partial charge in [-0.1, -0.05) is 0 Å². The first kappa shape index (κ1) is 17.1. The molecular formula is C20H20N4O3. The maximum atomic E-state index is 11.7. The zero-order valence-electron chi connectivity index (χ0n) is 14.9. The molecule has 4 aromatic rings. The van der Waals surface area contributed by atoms with Crippen molar-refractivity contribution in [3.63, 3.8) is 0 Å². The summed E-state index contributed by atoms with van der Waals surface area (Å²) < 4.78 is 7.66. The summed E-state index contributed by atoms with van der Waals surface area (Å²) in [5.41, 5.74) is 3.93. The van der Waals surface area contributed by atoms with Gasteiger partial charge in [-0.15, -0.1) is 0 Å². The van der Waals surface area contributed by atoms with E-state index in [-0.39, 0.29) is 25.7 Å². The lowest BCUT2D eigenvalue weighted by Gasteiger charge is -2.07. The first-order chi connectivity index (χ1) is 13.2. The van der Waals surface area contributed by atoms with Crippen LogP contribution in [0.15, 0.2) is 48.8 Å². The number of amides is 1. The molecule has 0 atom stereocenters. The number of carbonyl (C=O) groups is 1. The Morgan fingerprint density at radius 1 is 1.33 bits per heavy atom. The molecule has 0 unspecified atom stereocenters. The number of H-pyrrole nitrogens is 1. The van der Waals surface area contributed by atoms with Gasteiger partial charge in [-0.05, 0) is 36.4 Å². The Morgan fingerprint density at radius 3 is 3.04 bits per heavy atom. The lowest BCUT2D eigenvalue weighted by molar-refractivity contribution is -0.123. The second-order valence-electron chi connectivity index (χ2n) is 6.32. The number of fused-ring (bicyclic) bond motifs is 2. The number of aromatic amines is 1. The van der Waals surface area contributed by atoms with Gasteiger partial charge >= 0.3 is 0 Å². The zero-order valence-corrected chi connectivity index (χ0v) is 14.9. The minimum atomic E-state index is -0.265. The second kappa shape index (κ2) is 7.13. The number of aryl methyl sites for hydroxylation is 1. The highest BCUT2D eigenvalue weighted by molar-refractivity contribution is 5.98. The Kier molecular flexibility index (Phi) is 4.52. The van der Waals surface area contributed by atoms with E-state index in [4.69, 9.17) is 9.84 Å². The van der Waals surface area contributed by atoms with E-state index in [1.165, 1.54) is 0 Å². The van der Waals surface area contributed by atoms with Gasteiger partial charge in [0.2, 0.25) is 0 Å². The Morgan fingerprint density at radius 2 is 2.22 bits per heavy atom. The Bertz CT molecular complexity index is 1080. The molecule has 27 heavy (non-hydrogen) atoms. The summed E-state index contributed by atoms with van der Waals surface area (Å²) >= 11 is 0. The number of aliphatic hydroxyl groups excluding tert-OH is 1. The van der Waals surface area contributed by atoms with Crippen LogP contribution in [0.1, 0.15) is 0 Å². The number of hydrogen-bond acceptors (Lipinski definition) is 4. The monoisotopic (exact) mass is 364 g/mol. The van der Waals surface area contributed by atoms with E-state index in [1.54, 1.807) is 6.20 Å². The number of aromatic nitrogens is 3. The number of aliphatic hydroxyl groups is 1. The van der Waals surface area contributed by atoms with Crippen LogP contribution < -0.4 is 10.1 Å².